The topological polar surface area (TPSA) is 41.1 Å². The highest BCUT2D eigenvalue weighted by Crippen LogP contribution is 2.46. The molecule has 9 rings (SSSR count). The van der Waals surface area contributed by atoms with Crippen LogP contribution < -0.4 is 0 Å². The second kappa shape index (κ2) is 8.75. The van der Waals surface area contributed by atoms with E-state index in [0.717, 1.165) is 33.1 Å². The van der Waals surface area contributed by atoms with Crippen LogP contribution in [0.1, 0.15) is 5.56 Å². The lowest BCUT2D eigenvalue weighted by Crippen LogP contribution is -1.93. The number of hydrogen-bond acceptors (Lipinski definition) is 3. The molecule has 3 aromatic heterocycles. The molecule has 0 spiro atoms. The normalized spacial score (nSPS) is 11.8. The van der Waals surface area contributed by atoms with E-state index >= 15 is 0 Å². The molecule has 0 radical (unpaired) electrons. The minimum absolute atomic E-state index is 0.695. The first-order valence-corrected chi connectivity index (χ1v) is 14.8. The maximum absolute atomic E-state index is 9.81. The van der Waals surface area contributed by atoms with Gasteiger partial charge >= 0.3 is 0 Å². The van der Waals surface area contributed by atoms with Crippen molar-refractivity contribution in [3.63, 3.8) is 0 Å². The quantitative estimate of drug-likeness (QED) is 0.201. The van der Waals surface area contributed by atoms with Gasteiger partial charge in [0.1, 0.15) is 16.0 Å². The fraction of sp³-hybridized carbons (Fsp3) is 0. The summed E-state index contributed by atoms with van der Waals surface area (Å²) in [6.45, 7) is 0. The predicted octanol–water partition coefficient (Wildman–Crippen LogP) is 10.4. The molecular formula is C38H21N3S. The molecule has 0 atom stereocenters. The molecule has 0 amide bonds. The summed E-state index contributed by atoms with van der Waals surface area (Å²) in [4.78, 5) is 6.18. The number of nitriles is 1. The number of fused-ring (bicyclic) bond motifs is 8. The van der Waals surface area contributed by atoms with E-state index in [2.05, 4.69) is 120 Å². The third kappa shape index (κ3) is 3.17. The lowest BCUT2D eigenvalue weighted by atomic mass is 9.84. The van der Waals surface area contributed by atoms with E-state index in [4.69, 9.17) is 4.98 Å². The Kier molecular flexibility index (Phi) is 4.84. The van der Waals surface area contributed by atoms with Crippen LogP contribution in [-0.4, -0.2) is 9.38 Å². The van der Waals surface area contributed by atoms with E-state index in [-0.39, 0.29) is 0 Å². The van der Waals surface area contributed by atoms with Crippen LogP contribution in [0.5, 0.6) is 0 Å². The average molecular weight is 552 g/mol. The summed E-state index contributed by atoms with van der Waals surface area (Å²) in [6.07, 6.45) is 2.26. The second-order valence-corrected chi connectivity index (χ2v) is 11.7. The number of benzene rings is 6. The third-order valence-corrected chi connectivity index (χ3v) is 9.62. The first-order valence-electron chi connectivity index (χ1n) is 14.0. The van der Waals surface area contributed by atoms with Crippen LogP contribution in [0.2, 0.25) is 0 Å². The third-order valence-electron chi connectivity index (χ3n) is 8.46. The molecule has 4 heteroatoms. The summed E-state index contributed by atoms with van der Waals surface area (Å²) < 4.78 is 3.51. The molecule has 0 aliphatic heterocycles. The molecule has 0 bridgehead atoms. The number of rotatable bonds is 2. The van der Waals surface area contributed by atoms with Gasteiger partial charge in [-0.3, -0.25) is 4.40 Å². The van der Waals surface area contributed by atoms with Crippen LogP contribution in [-0.2, 0) is 0 Å². The first-order chi connectivity index (χ1) is 20.8. The van der Waals surface area contributed by atoms with E-state index in [0.29, 0.717) is 5.56 Å². The molecule has 6 aromatic carbocycles. The second-order valence-electron chi connectivity index (χ2n) is 10.7. The summed E-state index contributed by atoms with van der Waals surface area (Å²) in [5.41, 5.74) is 7.42. The van der Waals surface area contributed by atoms with Crippen molar-refractivity contribution in [1.29, 1.82) is 5.26 Å². The molecule has 194 valence electrons. The Labute approximate surface area is 245 Å². The van der Waals surface area contributed by atoms with E-state index in [1.54, 1.807) is 11.3 Å². The highest BCUT2D eigenvalue weighted by atomic mass is 32.1. The Morgan fingerprint density at radius 3 is 1.86 bits per heavy atom. The monoisotopic (exact) mass is 551 g/mol. The zero-order valence-corrected chi connectivity index (χ0v) is 23.2. The Bertz CT molecular complexity index is 2540. The highest BCUT2D eigenvalue weighted by Gasteiger charge is 2.19. The van der Waals surface area contributed by atoms with Crippen LogP contribution in [0, 0.1) is 11.3 Å². The van der Waals surface area contributed by atoms with Gasteiger partial charge < -0.3 is 0 Å². The van der Waals surface area contributed by atoms with Gasteiger partial charge in [-0.15, -0.1) is 11.3 Å². The number of aromatic nitrogens is 2. The minimum Gasteiger partial charge on any atom is -0.290 e. The molecular weight excluding hydrogens is 531 g/mol. The molecule has 0 saturated heterocycles. The largest absolute Gasteiger partial charge is 0.290 e. The van der Waals surface area contributed by atoms with Crippen LogP contribution in [0.15, 0.2) is 128 Å². The molecule has 0 aliphatic carbocycles. The Morgan fingerprint density at radius 2 is 1.17 bits per heavy atom. The predicted molar refractivity (Wildman–Crippen MR) is 176 cm³/mol. The zero-order valence-electron chi connectivity index (χ0n) is 22.4. The molecule has 3 nitrogen and oxygen atoms in total. The van der Waals surface area contributed by atoms with Gasteiger partial charge in [-0.2, -0.15) is 5.26 Å². The smallest absolute Gasteiger partial charge is 0.138 e. The molecule has 0 aliphatic rings. The zero-order chi connectivity index (χ0) is 27.8. The lowest BCUT2D eigenvalue weighted by Gasteiger charge is -2.19. The molecule has 42 heavy (non-hydrogen) atoms. The summed E-state index contributed by atoms with van der Waals surface area (Å²) in [5, 5.41) is 17.9. The van der Waals surface area contributed by atoms with Crippen molar-refractivity contribution < 1.29 is 0 Å². The lowest BCUT2D eigenvalue weighted by molar-refractivity contribution is 1.24. The van der Waals surface area contributed by atoms with Crippen LogP contribution >= 0.6 is 11.3 Å². The van der Waals surface area contributed by atoms with Crippen molar-refractivity contribution in [3.8, 4) is 28.3 Å². The maximum Gasteiger partial charge on any atom is 0.138 e. The van der Waals surface area contributed by atoms with Gasteiger partial charge in [0.2, 0.25) is 0 Å². The number of pyridine rings is 1. The Balaban J connectivity index is 1.39. The van der Waals surface area contributed by atoms with Crippen molar-refractivity contribution >= 4 is 69.7 Å². The summed E-state index contributed by atoms with van der Waals surface area (Å²) in [7, 11) is 0. The van der Waals surface area contributed by atoms with E-state index < -0.39 is 0 Å². The number of hydrogen-bond donors (Lipinski definition) is 0. The SMILES string of the molecule is N#Cc1ccc(-c2c3ccccc3c(-c3ccc4nc5c6ccccc6sc5n4c3)c3ccccc23)c2ccccc12. The summed E-state index contributed by atoms with van der Waals surface area (Å²) >= 11 is 1.79. The van der Waals surface area contributed by atoms with Crippen LogP contribution in [0.25, 0.3) is 80.7 Å². The summed E-state index contributed by atoms with van der Waals surface area (Å²) in [5.74, 6) is 0. The highest BCUT2D eigenvalue weighted by molar-refractivity contribution is 7.25. The number of thiophene rings is 1. The molecule has 3 heterocycles. The maximum atomic E-state index is 9.81. The standard InChI is InChI=1S/C38H21N3S/c39-21-23-17-19-31(26-10-2-1-9-25(23)26)36-29-13-5-3-11-27(29)35(28-12-4-6-14-30(28)36)24-18-20-34-40-37-32-15-7-8-16-33(32)42-38(37)41(34)22-24/h1-20,22H. The van der Waals surface area contributed by atoms with Crippen molar-refractivity contribution in [2.24, 2.45) is 0 Å². The first kappa shape index (κ1) is 23.2. The summed E-state index contributed by atoms with van der Waals surface area (Å²) in [6, 6.07) is 45.0. The van der Waals surface area contributed by atoms with Crippen LogP contribution in [0.3, 0.4) is 0 Å². The van der Waals surface area contributed by atoms with E-state index in [9.17, 15) is 5.26 Å². The Hall–Kier alpha value is -5.50. The van der Waals surface area contributed by atoms with Crippen molar-refractivity contribution in [3.05, 3.63) is 133 Å². The van der Waals surface area contributed by atoms with Crippen molar-refractivity contribution in [2.75, 3.05) is 0 Å². The molecule has 0 fully saturated rings. The molecule has 9 aromatic rings. The van der Waals surface area contributed by atoms with Gasteiger partial charge in [0, 0.05) is 21.7 Å². The Morgan fingerprint density at radius 1 is 0.571 bits per heavy atom. The van der Waals surface area contributed by atoms with Gasteiger partial charge in [-0.1, -0.05) is 97.1 Å². The molecule has 0 unspecified atom stereocenters. The number of imidazole rings is 1. The van der Waals surface area contributed by atoms with Gasteiger partial charge in [0.05, 0.1) is 11.6 Å². The molecule has 0 saturated carbocycles. The fourth-order valence-electron chi connectivity index (χ4n) is 6.64. The molecule has 0 N–H and O–H groups in total. The van der Waals surface area contributed by atoms with Gasteiger partial charge in [-0.05, 0) is 73.5 Å². The average Bonchev–Trinajstić information content (AvgIpc) is 3.59. The van der Waals surface area contributed by atoms with Crippen molar-refractivity contribution in [2.45, 2.75) is 0 Å². The van der Waals surface area contributed by atoms with E-state index in [1.165, 1.54) is 47.6 Å². The minimum atomic E-state index is 0.695. The van der Waals surface area contributed by atoms with Crippen LogP contribution in [0.4, 0.5) is 0 Å². The number of nitrogens with zero attached hydrogens (tertiary/aromatic N) is 3. The van der Waals surface area contributed by atoms with Crippen molar-refractivity contribution in [1.82, 2.24) is 9.38 Å². The van der Waals surface area contributed by atoms with Gasteiger partial charge in [-0.25, -0.2) is 4.98 Å². The fourth-order valence-corrected chi connectivity index (χ4v) is 7.77. The van der Waals surface area contributed by atoms with E-state index in [1.807, 2.05) is 18.2 Å². The van der Waals surface area contributed by atoms with Gasteiger partial charge in [0.25, 0.3) is 0 Å². The van der Waals surface area contributed by atoms with Gasteiger partial charge in [0.15, 0.2) is 0 Å².